The van der Waals surface area contributed by atoms with E-state index in [1.807, 2.05) is 13.0 Å². The van der Waals surface area contributed by atoms with Crippen LogP contribution in [0.4, 0.5) is 17.1 Å². The second-order valence-corrected chi connectivity index (χ2v) is 7.39. The van der Waals surface area contributed by atoms with Gasteiger partial charge in [-0.2, -0.15) is 0 Å². The van der Waals surface area contributed by atoms with Crippen molar-refractivity contribution in [3.05, 3.63) is 63.2 Å². The summed E-state index contributed by atoms with van der Waals surface area (Å²) >= 11 is 0. The Labute approximate surface area is 175 Å². The first-order valence-corrected chi connectivity index (χ1v) is 10.1. The van der Waals surface area contributed by atoms with Crippen LogP contribution >= 0.6 is 0 Å². The minimum Gasteiger partial charge on any atom is -0.371 e. The highest BCUT2D eigenvalue weighted by molar-refractivity contribution is 6.06. The van der Waals surface area contributed by atoms with Gasteiger partial charge in [0.2, 0.25) is 0 Å². The van der Waals surface area contributed by atoms with Crippen LogP contribution in [0.1, 0.15) is 52.5 Å². The number of nitrogens with one attached hydrogen (secondary N) is 2. The Balaban J connectivity index is 1.87. The van der Waals surface area contributed by atoms with Crippen LogP contribution in [0.3, 0.4) is 0 Å². The van der Waals surface area contributed by atoms with Gasteiger partial charge in [-0.1, -0.05) is 13.0 Å². The number of benzene rings is 2. The average Bonchev–Trinajstić information content (AvgIpc) is 3.26. The molecule has 2 N–H and O–H groups in total. The van der Waals surface area contributed by atoms with Gasteiger partial charge >= 0.3 is 0 Å². The number of nitrogens with zero attached hydrogens (tertiary/aromatic N) is 2. The maximum absolute atomic E-state index is 12.7. The maximum Gasteiger partial charge on any atom is 0.273 e. The van der Waals surface area contributed by atoms with Crippen molar-refractivity contribution in [2.75, 3.05) is 29.9 Å². The Hall–Kier alpha value is -3.42. The lowest BCUT2D eigenvalue weighted by Gasteiger charge is -2.22. The summed E-state index contributed by atoms with van der Waals surface area (Å²) in [6.45, 7) is 5.97. The molecule has 8 heteroatoms. The molecule has 3 rings (SSSR count). The molecule has 8 nitrogen and oxygen atoms in total. The molecule has 0 atom stereocenters. The van der Waals surface area contributed by atoms with Crippen LogP contribution in [0.25, 0.3) is 0 Å². The van der Waals surface area contributed by atoms with Gasteiger partial charge in [0.15, 0.2) is 0 Å². The predicted octanol–water partition coefficient (Wildman–Crippen LogP) is 3.90. The van der Waals surface area contributed by atoms with Crippen LogP contribution in [0, 0.1) is 17.0 Å². The van der Waals surface area contributed by atoms with Crippen LogP contribution < -0.4 is 15.5 Å². The van der Waals surface area contributed by atoms with E-state index in [4.69, 9.17) is 0 Å². The fourth-order valence-electron chi connectivity index (χ4n) is 3.51. The van der Waals surface area contributed by atoms with Crippen molar-refractivity contribution in [1.82, 2.24) is 5.32 Å². The lowest BCUT2D eigenvalue weighted by molar-refractivity contribution is -0.385. The summed E-state index contributed by atoms with van der Waals surface area (Å²) < 4.78 is 0. The zero-order chi connectivity index (χ0) is 21.7. The molecule has 2 amide bonds. The Kier molecular flexibility index (Phi) is 6.66. The van der Waals surface area contributed by atoms with E-state index in [0.717, 1.165) is 38.0 Å². The molecule has 0 aliphatic carbocycles. The van der Waals surface area contributed by atoms with Crippen molar-refractivity contribution in [2.24, 2.45) is 0 Å². The third kappa shape index (κ3) is 4.76. The van der Waals surface area contributed by atoms with Crippen molar-refractivity contribution in [3.8, 4) is 0 Å². The Morgan fingerprint density at radius 1 is 1.10 bits per heavy atom. The fraction of sp³-hybridized carbons (Fsp3) is 0.364. The molecular weight excluding hydrogens is 384 g/mol. The predicted molar refractivity (Wildman–Crippen MR) is 116 cm³/mol. The van der Waals surface area contributed by atoms with Gasteiger partial charge in [0.25, 0.3) is 17.5 Å². The number of rotatable bonds is 7. The minimum absolute atomic E-state index is 0.105. The molecule has 0 saturated carbocycles. The van der Waals surface area contributed by atoms with Crippen LogP contribution in [0.5, 0.6) is 0 Å². The normalized spacial score (nSPS) is 13.2. The molecule has 0 bridgehead atoms. The van der Waals surface area contributed by atoms with Gasteiger partial charge in [-0.15, -0.1) is 0 Å². The zero-order valence-electron chi connectivity index (χ0n) is 17.2. The molecule has 1 saturated heterocycles. The number of anilines is 2. The summed E-state index contributed by atoms with van der Waals surface area (Å²) in [7, 11) is 0. The molecule has 1 aliphatic heterocycles. The van der Waals surface area contributed by atoms with E-state index < -0.39 is 10.8 Å². The smallest absolute Gasteiger partial charge is 0.273 e. The monoisotopic (exact) mass is 410 g/mol. The topological polar surface area (TPSA) is 105 Å². The number of hydrogen-bond acceptors (Lipinski definition) is 5. The zero-order valence-corrected chi connectivity index (χ0v) is 17.2. The van der Waals surface area contributed by atoms with E-state index in [1.54, 1.807) is 31.2 Å². The van der Waals surface area contributed by atoms with Gasteiger partial charge in [-0.05, 0) is 50.5 Å². The van der Waals surface area contributed by atoms with E-state index in [-0.39, 0.29) is 17.2 Å². The van der Waals surface area contributed by atoms with Gasteiger partial charge in [-0.3, -0.25) is 19.7 Å². The van der Waals surface area contributed by atoms with Crippen molar-refractivity contribution in [2.45, 2.75) is 33.1 Å². The summed E-state index contributed by atoms with van der Waals surface area (Å²) in [4.78, 5) is 38.2. The Bertz CT molecular complexity index is 968. The molecule has 158 valence electrons. The molecule has 0 spiro atoms. The fourth-order valence-corrected chi connectivity index (χ4v) is 3.51. The first-order chi connectivity index (χ1) is 14.4. The molecular formula is C22H26N4O4. The minimum atomic E-state index is -0.507. The van der Waals surface area contributed by atoms with E-state index in [1.165, 1.54) is 6.07 Å². The summed E-state index contributed by atoms with van der Waals surface area (Å²) in [6.07, 6.45) is 2.99. The number of amides is 2. The molecule has 0 aromatic heterocycles. The largest absolute Gasteiger partial charge is 0.371 e. The summed E-state index contributed by atoms with van der Waals surface area (Å²) in [5, 5.41) is 16.8. The molecule has 2 aromatic carbocycles. The standard InChI is InChI=1S/C22H26N4O4/c1-3-10-23-22(28)18-14-17(8-9-19(18)25-11-4-5-12-25)24-21(27)16-7-6-15(2)20(13-16)26(29)30/h6-9,13-14H,3-5,10-12H2,1-2H3,(H,23,28)(H,24,27). The summed E-state index contributed by atoms with van der Waals surface area (Å²) in [5.74, 6) is -0.646. The maximum atomic E-state index is 12.7. The van der Waals surface area contributed by atoms with E-state index in [2.05, 4.69) is 15.5 Å². The van der Waals surface area contributed by atoms with Gasteiger partial charge in [0.1, 0.15) is 0 Å². The third-order valence-electron chi connectivity index (χ3n) is 5.15. The number of hydrogen-bond donors (Lipinski definition) is 2. The second-order valence-electron chi connectivity index (χ2n) is 7.39. The number of nitro benzene ring substituents is 1. The second kappa shape index (κ2) is 9.39. The number of carbonyl (C=O) groups excluding carboxylic acids is 2. The van der Waals surface area contributed by atoms with Gasteiger partial charge in [-0.25, -0.2) is 0 Å². The van der Waals surface area contributed by atoms with Crippen molar-refractivity contribution < 1.29 is 14.5 Å². The molecule has 1 heterocycles. The Morgan fingerprint density at radius 3 is 2.50 bits per heavy atom. The lowest BCUT2D eigenvalue weighted by atomic mass is 10.1. The molecule has 0 unspecified atom stereocenters. The van der Waals surface area contributed by atoms with Gasteiger partial charge in [0, 0.05) is 48.2 Å². The van der Waals surface area contributed by atoms with Crippen LogP contribution in [0.15, 0.2) is 36.4 Å². The Morgan fingerprint density at radius 2 is 1.83 bits per heavy atom. The molecule has 2 aromatic rings. The van der Waals surface area contributed by atoms with Gasteiger partial charge < -0.3 is 15.5 Å². The first kappa shape index (κ1) is 21.3. The molecule has 0 radical (unpaired) electrons. The summed E-state index contributed by atoms with van der Waals surface area (Å²) in [6, 6.07) is 9.62. The molecule has 1 aliphatic rings. The van der Waals surface area contributed by atoms with Crippen molar-refractivity contribution in [1.29, 1.82) is 0 Å². The van der Waals surface area contributed by atoms with Crippen LogP contribution in [0.2, 0.25) is 0 Å². The highest BCUT2D eigenvalue weighted by Crippen LogP contribution is 2.28. The van der Waals surface area contributed by atoms with Crippen molar-refractivity contribution >= 4 is 28.9 Å². The number of nitro groups is 1. The van der Waals surface area contributed by atoms with Crippen LogP contribution in [-0.2, 0) is 0 Å². The average molecular weight is 410 g/mol. The highest BCUT2D eigenvalue weighted by Gasteiger charge is 2.21. The third-order valence-corrected chi connectivity index (χ3v) is 5.15. The van der Waals surface area contributed by atoms with Crippen molar-refractivity contribution in [3.63, 3.8) is 0 Å². The highest BCUT2D eigenvalue weighted by atomic mass is 16.6. The number of aryl methyl sites for hydroxylation is 1. The first-order valence-electron chi connectivity index (χ1n) is 10.1. The van der Waals surface area contributed by atoms with Crippen LogP contribution in [-0.4, -0.2) is 36.4 Å². The SMILES string of the molecule is CCCNC(=O)c1cc(NC(=O)c2ccc(C)c([N+](=O)[O-])c2)ccc1N1CCCC1. The molecule has 1 fully saturated rings. The van der Waals surface area contributed by atoms with E-state index in [0.29, 0.717) is 23.4 Å². The number of carbonyl (C=O) groups is 2. The van der Waals surface area contributed by atoms with E-state index >= 15 is 0 Å². The molecule has 30 heavy (non-hydrogen) atoms. The summed E-state index contributed by atoms with van der Waals surface area (Å²) in [5.41, 5.74) is 2.40. The lowest BCUT2D eigenvalue weighted by Crippen LogP contribution is -2.28. The van der Waals surface area contributed by atoms with E-state index in [9.17, 15) is 19.7 Å². The quantitative estimate of drug-likeness (QED) is 0.532. The van der Waals surface area contributed by atoms with Gasteiger partial charge in [0.05, 0.1) is 10.5 Å².